The number of aliphatic hydroxyl groups is 1. The number of halogens is 6. The molecule has 2 heterocycles. The van der Waals surface area contributed by atoms with Crippen LogP contribution < -0.4 is 11.4 Å². The van der Waals surface area contributed by atoms with Crippen molar-refractivity contribution >= 4 is 11.7 Å². The van der Waals surface area contributed by atoms with Crippen LogP contribution in [0.5, 0.6) is 0 Å². The Labute approximate surface area is 175 Å². The second-order valence-electron chi connectivity index (χ2n) is 6.94. The summed E-state index contributed by atoms with van der Waals surface area (Å²) in [6, 6.07) is 1.79. The van der Waals surface area contributed by atoms with Crippen molar-refractivity contribution in [3.05, 3.63) is 57.6 Å². The van der Waals surface area contributed by atoms with Gasteiger partial charge in [0.05, 0.1) is 24.3 Å². The first-order chi connectivity index (χ1) is 14.8. The summed E-state index contributed by atoms with van der Waals surface area (Å²) in [4.78, 5) is 29.3. The Morgan fingerprint density at radius 1 is 1.12 bits per heavy atom. The van der Waals surface area contributed by atoms with E-state index in [2.05, 4.69) is 4.98 Å². The minimum absolute atomic E-state index is 0.0883. The summed E-state index contributed by atoms with van der Waals surface area (Å²) in [5.41, 5.74) is 0.410. The maximum Gasteiger partial charge on any atom is 0.416 e. The number of benzene rings is 1. The molecule has 1 saturated heterocycles. The van der Waals surface area contributed by atoms with Crippen LogP contribution in [0.4, 0.5) is 32.2 Å². The molecule has 3 rings (SSSR count). The Morgan fingerprint density at radius 2 is 1.72 bits per heavy atom. The largest absolute Gasteiger partial charge is 0.416 e. The minimum Gasteiger partial charge on any atom is -0.394 e. The average Bonchev–Trinajstić information content (AvgIpc) is 2.71. The minimum atomic E-state index is -5.12. The van der Waals surface area contributed by atoms with Gasteiger partial charge in [-0.15, -0.1) is 0 Å². The number of nitrogens with two attached hydrogens (primary N) is 1. The van der Waals surface area contributed by atoms with Crippen LogP contribution in [0.3, 0.4) is 0 Å². The lowest BCUT2D eigenvalue weighted by molar-refractivity contribution is -0.143. The summed E-state index contributed by atoms with van der Waals surface area (Å²) in [7, 11) is 0. The van der Waals surface area contributed by atoms with Crippen molar-refractivity contribution in [2.45, 2.75) is 24.7 Å². The van der Waals surface area contributed by atoms with Crippen molar-refractivity contribution in [3.63, 3.8) is 0 Å². The molecule has 1 aromatic carbocycles. The van der Waals surface area contributed by atoms with Crippen LogP contribution in [0, 0.1) is 0 Å². The molecule has 0 spiro atoms. The number of carbonyl (C=O) groups excluding carboxylic acids is 1. The second kappa shape index (κ2) is 8.43. The van der Waals surface area contributed by atoms with Gasteiger partial charge in [0, 0.05) is 18.3 Å². The summed E-state index contributed by atoms with van der Waals surface area (Å²) in [5, 5.41) is 9.46. The highest BCUT2D eigenvalue weighted by Gasteiger charge is 2.39. The smallest absolute Gasteiger partial charge is 0.394 e. The van der Waals surface area contributed by atoms with Crippen LogP contribution in [0.15, 0.2) is 35.3 Å². The molecule has 0 saturated carbocycles. The highest BCUT2D eigenvalue weighted by atomic mass is 19.4. The number of aromatic nitrogens is 2. The molecule has 0 aliphatic carbocycles. The molecule has 2 atom stereocenters. The molecule has 1 amide bonds. The van der Waals surface area contributed by atoms with Gasteiger partial charge < -0.3 is 20.5 Å². The summed E-state index contributed by atoms with van der Waals surface area (Å²) in [5.74, 6) is -1.26. The van der Waals surface area contributed by atoms with Gasteiger partial charge >= 0.3 is 18.0 Å². The Kier molecular flexibility index (Phi) is 6.20. The zero-order valence-corrected chi connectivity index (χ0v) is 16.0. The second-order valence-corrected chi connectivity index (χ2v) is 6.94. The lowest BCUT2D eigenvalue weighted by Gasteiger charge is -2.38. The predicted molar refractivity (Wildman–Crippen MR) is 96.3 cm³/mol. The average molecular weight is 466 g/mol. The number of alkyl halides is 6. The third-order valence-electron chi connectivity index (χ3n) is 4.64. The maximum atomic E-state index is 13.1. The van der Waals surface area contributed by atoms with Crippen molar-refractivity contribution in [1.82, 2.24) is 14.5 Å². The number of morpholine rings is 1. The maximum absolute atomic E-state index is 13.1. The molecule has 174 valence electrons. The lowest BCUT2D eigenvalue weighted by Crippen LogP contribution is -2.51. The molecule has 1 aliphatic rings. The van der Waals surface area contributed by atoms with E-state index in [4.69, 9.17) is 10.5 Å². The topological polar surface area (TPSA) is 111 Å². The molecule has 2 aromatic rings. The summed E-state index contributed by atoms with van der Waals surface area (Å²) >= 11 is 0. The summed E-state index contributed by atoms with van der Waals surface area (Å²) in [6.45, 7) is -1.37. The SMILES string of the molecule is Nc1ccn(C2CN(C(=O)c3cc(C(F)(F)F)cc(C(F)(F)F)c3)C[C@@H](CO)O2)c(=O)n1. The third-order valence-corrected chi connectivity index (χ3v) is 4.64. The molecule has 8 nitrogen and oxygen atoms in total. The Bertz CT molecular complexity index is 1040. The summed E-state index contributed by atoms with van der Waals surface area (Å²) in [6.07, 6.45) is -11.3. The molecule has 32 heavy (non-hydrogen) atoms. The van der Waals surface area contributed by atoms with Crippen LogP contribution in [0.1, 0.15) is 27.7 Å². The number of hydrogen-bond acceptors (Lipinski definition) is 6. The van der Waals surface area contributed by atoms with E-state index in [1.165, 1.54) is 12.3 Å². The van der Waals surface area contributed by atoms with Crippen molar-refractivity contribution in [2.75, 3.05) is 25.4 Å². The van der Waals surface area contributed by atoms with Gasteiger partial charge in [-0.25, -0.2) is 4.79 Å². The van der Waals surface area contributed by atoms with E-state index in [0.717, 1.165) is 9.47 Å². The molecule has 1 aromatic heterocycles. The van der Waals surface area contributed by atoms with Gasteiger partial charge in [-0.2, -0.15) is 31.3 Å². The standard InChI is InChI=1S/C18H16F6N4O4/c19-17(20,21)10-3-9(4-11(5-10)18(22,23)24)15(30)27-6-12(8-29)32-14(7-27)28-2-1-13(25)26-16(28)31/h1-5,12,14,29H,6-8H2,(H2,25,26,31)/t12-,14?/m0/s1. The van der Waals surface area contributed by atoms with E-state index >= 15 is 0 Å². The van der Waals surface area contributed by atoms with Gasteiger partial charge in [0.2, 0.25) is 0 Å². The van der Waals surface area contributed by atoms with Gasteiger partial charge in [0.25, 0.3) is 5.91 Å². The number of rotatable bonds is 3. The number of nitrogens with zero attached hydrogens (tertiary/aromatic N) is 3. The van der Waals surface area contributed by atoms with Gasteiger partial charge in [0.15, 0.2) is 6.23 Å². The van der Waals surface area contributed by atoms with E-state index < -0.39 is 66.1 Å². The number of carbonyl (C=O) groups is 1. The highest BCUT2D eigenvalue weighted by Crippen LogP contribution is 2.36. The fraction of sp³-hybridized carbons (Fsp3) is 0.389. The number of hydrogen-bond donors (Lipinski definition) is 2. The predicted octanol–water partition coefficient (Wildman–Crippen LogP) is 1.90. The van der Waals surface area contributed by atoms with E-state index in [1.54, 1.807) is 0 Å². The van der Waals surface area contributed by atoms with Crippen LogP contribution in [0.25, 0.3) is 0 Å². The molecule has 3 N–H and O–H groups in total. The molecule has 1 fully saturated rings. The fourth-order valence-corrected chi connectivity index (χ4v) is 3.14. The van der Waals surface area contributed by atoms with Gasteiger partial charge in [-0.05, 0) is 24.3 Å². The van der Waals surface area contributed by atoms with E-state index in [0.29, 0.717) is 12.1 Å². The number of nitrogen functional groups attached to an aromatic ring is 1. The molecule has 0 radical (unpaired) electrons. The molecule has 1 unspecified atom stereocenters. The van der Waals surface area contributed by atoms with Gasteiger partial charge in [-0.3, -0.25) is 9.36 Å². The number of anilines is 1. The highest BCUT2D eigenvalue weighted by molar-refractivity contribution is 5.94. The van der Waals surface area contributed by atoms with E-state index in [-0.39, 0.29) is 18.4 Å². The van der Waals surface area contributed by atoms with Crippen LogP contribution in [-0.4, -0.2) is 51.3 Å². The van der Waals surface area contributed by atoms with Crippen LogP contribution >= 0.6 is 0 Å². The van der Waals surface area contributed by atoms with E-state index in [9.17, 15) is 41.0 Å². The van der Waals surface area contributed by atoms with Crippen LogP contribution in [0.2, 0.25) is 0 Å². The quantitative estimate of drug-likeness (QED) is 0.669. The van der Waals surface area contributed by atoms with Crippen molar-refractivity contribution < 1.29 is 41.0 Å². The fourth-order valence-electron chi connectivity index (χ4n) is 3.14. The molecule has 14 heteroatoms. The van der Waals surface area contributed by atoms with Crippen molar-refractivity contribution in [1.29, 1.82) is 0 Å². The Morgan fingerprint density at radius 3 is 2.22 bits per heavy atom. The molecule has 1 aliphatic heterocycles. The first-order valence-corrected chi connectivity index (χ1v) is 8.99. The third kappa shape index (κ3) is 5.02. The van der Waals surface area contributed by atoms with Crippen molar-refractivity contribution in [2.24, 2.45) is 0 Å². The lowest BCUT2D eigenvalue weighted by atomic mass is 10.0. The van der Waals surface area contributed by atoms with E-state index in [1.807, 2.05) is 0 Å². The van der Waals surface area contributed by atoms with Crippen LogP contribution in [-0.2, 0) is 17.1 Å². The first-order valence-electron chi connectivity index (χ1n) is 8.99. The zero-order valence-electron chi connectivity index (χ0n) is 16.0. The van der Waals surface area contributed by atoms with Crippen molar-refractivity contribution in [3.8, 4) is 0 Å². The Balaban J connectivity index is 1.99. The van der Waals surface area contributed by atoms with Gasteiger partial charge in [-0.1, -0.05) is 0 Å². The zero-order chi connectivity index (χ0) is 23.8. The number of amides is 1. The Hall–Kier alpha value is -3.13. The molecular formula is C18H16F6N4O4. The number of ether oxygens (including phenoxy) is 1. The monoisotopic (exact) mass is 466 g/mol. The number of aliphatic hydroxyl groups excluding tert-OH is 1. The summed E-state index contributed by atoms with van der Waals surface area (Å²) < 4.78 is 85.1. The molecular weight excluding hydrogens is 450 g/mol. The van der Waals surface area contributed by atoms with Gasteiger partial charge in [0.1, 0.15) is 11.9 Å². The first kappa shape index (κ1) is 23.5. The normalized spacial score (nSPS) is 19.8. The molecule has 0 bridgehead atoms.